The summed E-state index contributed by atoms with van der Waals surface area (Å²) in [5.41, 5.74) is 5.28. The molecule has 0 unspecified atom stereocenters. The summed E-state index contributed by atoms with van der Waals surface area (Å²) in [5, 5.41) is 2.56. The number of ether oxygens (including phenoxy) is 2. The predicted molar refractivity (Wildman–Crippen MR) is 77.4 cm³/mol. The van der Waals surface area contributed by atoms with Gasteiger partial charge in [0.2, 0.25) is 0 Å². The van der Waals surface area contributed by atoms with Gasteiger partial charge in [0, 0.05) is 6.54 Å². The highest BCUT2D eigenvalue weighted by Crippen LogP contribution is 2.28. The summed E-state index contributed by atoms with van der Waals surface area (Å²) >= 11 is 0. The Hall–Kier alpha value is -1.67. The molecule has 0 aliphatic heterocycles. The van der Waals surface area contributed by atoms with E-state index in [1.807, 2.05) is 0 Å². The number of nitrogens with one attached hydrogen (secondary N) is 1. The van der Waals surface area contributed by atoms with Crippen molar-refractivity contribution in [3.8, 4) is 11.5 Å². The molecule has 9 heteroatoms. The molecular weight excluding hydrogens is 325 g/mol. The molecular formula is C13H18ClF3N2O3. The lowest BCUT2D eigenvalue weighted by Crippen LogP contribution is -2.30. The Morgan fingerprint density at radius 1 is 1.18 bits per heavy atom. The monoisotopic (exact) mass is 342 g/mol. The fourth-order valence-electron chi connectivity index (χ4n) is 1.37. The molecule has 0 radical (unpaired) electrons. The highest BCUT2D eigenvalue weighted by molar-refractivity contribution is 5.85. The summed E-state index contributed by atoms with van der Waals surface area (Å²) in [7, 11) is 0. The van der Waals surface area contributed by atoms with Crippen LogP contribution in [0.15, 0.2) is 24.3 Å². The zero-order chi connectivity index (χ0) is 15.7. The van der Waals surface area contributed by atoms with Crippen LogP contribution in [0, 0.1) is 0 Å². The SMILES string of the molecule is Cl.NCCCNC(=O)COc1ccccc1OCC(F)(F)F. The van der Waals surface area contributed by atoms with Crippen LogP contribution in [0.4, 0.5) is 13.2 Å². The number of nitrogens with two attached hydrogens (primary N) is 1. The molecule has 1 aromatic rings. The third kappa shape index (κ3) is 8.58. The maximum Gasteiger partial charge on any atom is 0.422 e. The van der Waals surface area contributed by atoms with Crippen LogP contribution in [0.1, 0.15) is 6.42 Å². The molecule has 0 bridgehead atoms. The quantitative estimate of drug-likeness (QED) is 0.708. The minimum atomic E-state index is -4.44. The number of carbonyl (C=O) groups is 1. The van der Waals surface area contributed by atoms with E-state index < -0.39 is 12.8 Å². The van der Waals surface area contributed by atoms with E-state index in [2.05, 4.69) is 10.1 Å². The molecule has 1 rings (SSSR count). The van der Waals surface area contributed by atoms with Gasteiger partial charge in [-0.15, -0.1) is 12.4 Å². The van der Waals surface area contributed by atoms with Crippen molar-refractivity contribution >= 4 is 18.3 Å². The van der Waals surface area contributed by atoms with Gasteiger partial charge < -0.3 is 20.5 Å². The van der Waals surface area contributed by atoms with Crippen LogP contribution in [0.3, 0.4) is 0 Å². The number of hydrogen-bond donors (Lipinski definition) is 2. The molecule has 0 aliphatic carbocycles. The Balaban J connectivity index is 0.00000441. The third-order valence-electron chi connectivity index (χ3n) is 2.30. The average Bonchev–Trinajstić information content (AvgIpc) is 2.43. The Kier molecular flexibility index (Phi) is 9.35. The molecule has 0 saturated heterocycles. The van der Waals surface area contributed by atoms with Crippen molar-refractivity contribution in [1.29, 1.82) is 0 Å². The molecule has 0 aliphatic rings. The minimum Gasteiger partial charge on any atom is -0.480 e. The van der Waals surface area contributed by atoms with Crippen molar-refractivity contribution in [3.63, 3.8) is 0 Å². The van der Waals surface area contributed by atoms with Crippen LogP contribution in [0.2, 0.25) is 0 Å². The summed E-state index contributed by atoms with van der Waals surface area (Å²) in [5.74, 6) is -0.366. The molecule has 0 atom stereocenters. The van der Waals surface area contributed by atoms with Crippen molar-refractivity contribution in [2.24, 2.45) is 5.73 Å². The number of benzene rings is 1. The van der Waals surface area contributed by atoms with E-state index in [0.29, 0.717) is 19.5 Å². The lowest BCUT2D eigenvalue weighted by atomic mass is 10.3. The molecule has 22 heavy (non-hydrogen) atoms. The first-order valence-electron chi connectivity index (χ1n) is 6.30. The van der Waals surface area contributed by atoms with Crippen molar-refractivity contribution in [3.05, 3.63) is 24.3 Å². The van der Waals surface area contributed by atoms with Crippen LogP contribution in [-0.2, 0) is 4.79 Å². The zero-order valence-electron chi connectivity index (χ0n) is 11.7. The zero-order valence-corrected chi connectivity index (χ0v) is 12.5. The second kappa shape index (κ2) is 10.1. The van der Waals surface area contributed by atoms with E-state index >= 15 is 0 Å². The summed E-state index contributed by atoms with van der Waals surface area (Å²) in [6, 6.07) is 5.86. The highest BCUT2D eigenvalue weighted by atomic mass is 35.5. The number of para-hydroxylation sites is 2. The van der Waals surface area contributed by atoms with Crippen molar-refractivity contribution < 1.29 is 27.4 Å². The topological polar surface area (TPSA) is 73.6 Å². The molecule has 1 aromatic carbocycles. The van der Waals surface area contributed by atoms with Gasteiger partial charge in [-0.25, -0.2) is 0 Å². The Bertz CT molecular complexity index is 458. The molecule has 0 spiro atoms. The summed E-state index contributed by atoms with van der Waals surface area (Å²) in [6.45, 7) is -0.854. The minimum absolute atomic E-state index is 0. The fraction of sp³-hybridized carbons (Fsp3) is 0.462. The normalized spacial score (nSPS) is 10.5. The van der Waals surface area contributed by atoms with Crippen LogP contribution in [0.5, 0.6) is 11.5 Å². The van der Waals surface area contributed by atoms with Crippen LogP contribution in [-0.4, -0.2) is 38.4 Å². The number of carbonyl (C=O) groups excluding carboxylic acids is 1. The molecule has 0 fully saturated rings. The predicted octanol–water partition coefficient (Wildman–Crippen LogP) is 1.89. The Labute approximate surface area is 132 Å². The fourth-order valence-corrected chi connectivity index (χ4v) is 1.37. The molecule has 0 saturated carbocycles. The van der Waals surface area contributed by atoms with E-state index in [4.69, 9.17) is 10.5 Å². The van der Waals surface area contributed by atoms with Crippen molar-refractivity contribution in [2.75, 3.05) is 26.3 Å². The smallest absolute Gasteiger partial charge is 0.422 e. The van der Waals surface area contributed by atoms with Gasteiger partial charge in [0.15, 0.2) is 24.7 Å². The average molecular weight is 343 g/mol. The summed E-state index contributed by atoms with van der Waals surface area (Å²) in [6.07, 6.45) is -3.80. The van der Waals surface area contributed by atoms with E-state index in [1.165, 1.54) is 18.2 Å². The van der Waals surface area contributed by atoms with E-state index in [1.54, 1.807) is 6.07 Å². The van der Waals surface area contributed by atoms with Crippen LogP contribution < -0.4 is 20.5 Å². The van der Waals surface area contributed by atoms with Crippen LogP contribution >= 0.6 is 12.4 Å². The van der Waals surface area contributed by atoms with Gasteiger partial charge in [-0.2, -0.15) is 13.2 Å². The van der Waals surface area contributed by atoms with Crippen molar-refractivity contribution in [1.82, 2.24) is 5.32 Å². The summed E-state index contributed by atoms with van der Waals surface area (Å²) < 4.78 is 46.2. The first-order valence-corrected chi connectivity index (χ1v) is 6.30. The third-order valence-corrected chi connectivity index (χ3v) is 2.30. The second-order valence-corrected chi connectivity index (χ2v) is 4.13. The molecule has 0 heterocycles. The van der Waals surface area contributed by atoms with E-state index in [-0.39, 0.29) is 36.4 Å². The maximum atomic E-state index is 12.1. The molecule has 1 amide bonds. The van der Waals surface area contributed by atoms with Crippen LogP contribution in [0.25, 0.3) is 0 Å². The van der Waals surface area contributed by atoms with Gasteiger partial charge in [0.05, 0.1) is 0 Å². The Morgan fingerprint density at radius 3 is 2.32 bits per heavy atom. The number of halogens is 4. The van der Waals surface area contributed by atoms with Gasteiger partial charge in [0.1, 0.15) is 0 Å². The van der Waals surface area contributed by atoms with Gasteiger partial charge in [-0.3, -0.25) is 4.79 Å². The highest BCUT2D eigenvalue weighted by Gasteiger charge is 2.28. The van der Waals surface area contributed by atoms with Gasteiger partial charge >= 0.3 is 6.18 Å². The molecule has 3 N–H and O–H groups in total. The lowest BCUT2D eigenvalue weighted by Gasteiger charge is -2.13. The number of rotatable bonds is 8. The number of amides is 1. The molecule has 126 valence electrons. The number of alkyl halides is 3. The van der Waals surface area contributed by atoms with Crippen molar-refractivity contribution in [2.45, 2.75) is 12.6 Å². The lowest BCUT2D eigenvalue weighted by molar-refractivity contribution is -0.153. The maximum absolute atomic E-state index is 12.1. The van der Waals surface area contributed by atoms with Gasteiger partial charge in [-0.1, -0.05) is 12.1 Å². The second-order valence-electron chi connectivity index (χ2n) is 4.13. The largest absolute Gasteiger partial charge is 0.480 e. The van der Waals surface area contributed by atoms with Gasteiger partial charge in [-0.05, 0) is 25.1 Å². The number of hydrogen-bond acceptors (Lipinski definition) is 4. The van der Waals surface area contributed by atoms with Gasteiger partial charge in [0.25, 0.3) is 5.91 Å². The first kappa shape index (κ1) is 20.3. The summed E-state index contributed by atoms with van der Waals surface area (Å²) in [4.78, 5) is 11.4. The van der Waals surface area contributed by atoms with E-state index in [0.717, 1.165) is 0 Å². The first-order chi connectivity index (χ1) is 9.92. The molecule has 0 aromatic heterocycles. The Morgan fingerprint density at radius 2 is 1.77 bits per heavy atom. The standard InChI is InChI=1S/C13H17F3N2O3.ClH/c14-13(15,16)9-21-11-5-2-1-4-10(11)20-8-12(19)18-7-3-6-17;/h1-2,4-5H,3,6-9,17H2,(H,18,19);1H. The van der Waals surface area contributed by atoms with E-state index in [9.17, 15) is 18.0 Å². The molecule has 5 nitrogen and oxygen atoms in total.